The van der Waals surface area contributed by atoms with Gasteiger partial charge in [-0.3, -0.25) is 0 Å². The van der Waals surface area contributed by atoms with Gasteiger partial charge in [-0.25, -0.2) is 0 Å². The molecule has 0 fully saturated rings. The van der Waals surface area contributed by atoms with Crippen LogP contribution in [0.2, 0.25) is 0 Å². The second-order valence-electron chi connectivity index (χ2n) is 4.36. The topological polar surface area (TPSA) is 14.2 Å². The number of nitrogens with zero attached hydrogens (tertiary/aromatic N) is 1. The molecule has 0 N–H and O–H groups in total. The van der Waals surface area contributed by atoms with E-state index in [1.54, 1.807) is 0 Å². The summed E-state index contributed by atoms with van der Waals surface area (Å²) in [5.41, 5.74) is 1.26. The van der Waals surface area contributed by atoms with E-state index in [-0.39, 0.29) is 6.10 Å². The van der Waals surface area contributed by atoms with Gasteiger partial charge < -0.3 is 9.30 Å². The largest absolute Gasteiger partial charge is 0.490 e. The molecular formula is C14H19NO. The molecule has 0 saturated carbocycles. The summed E-state index contributed by atoms with van der Waals surface area (Å²) in [6.45, 7) is 7.37. The van der Waals surface area contributed by atoms with Crippen LogP contribution in [0.15, 0.2) is 30.5 Å². The molecule has 2 aromatic rings. The smallest absolute Gasteiger partial charge is 0.129 e. The third-order valence-electron chi connectivity index (χ3n) is 2.60. The van der Waals surface area contributed by atoms with E-state index in [0.717, 1.165) is 18.7 Å². The zero-order chi connectivity index (χ0) is 11.5. The SMILES string of the molecule is CCCn1ccc2c(OC(C)C)cccc21. The number of fused-ring (bicyclic) bond motifs is 1. The highest BCUT2D eigenvalue weighted by Gasteiger charge is 2.06. The molecule has 0 aliphatic heterocycles. The van der Waals surface area contributed by atoms with Crippen molar-refractivity contribution in [2.45, 2.75) is 39.8 Å². The van der Waals surface area contributed by atoms with Gasteiger partial charge in [-0.1, -0.05) is 13.0 Å². The number of hydrogen-bond donors (Lipinski definition) is 0. The first-order valence-electron chi connectivity index (χ1n) is 5.97. The first-order valence-corrected chi connectivity index (χ1v) is 5.97. The minimum atomic E-state index is 0.222. The second-order valence-corrected chi connectivity index (χ2v) is 4.36. The van der Waals surface area contributed by atoms with Crippen LogP contribution < -0.4 is 4.74 Å². The molecule has 0 aliphatic carbocycles. The Morgan fingerprint density at radius 2 is 2.06 bits per heavy atom. The lowest BCUT2D eigenvalue weighted by Crippen LogP contribution is -2.05. The second kappa shape index (κ2) is 4.60. The molecule has 0 aliphatic rings. The molecule has 16 heavy (non-hydrogen) atoms. The van der Waals surface area contributed by atoms with Crippen molar-refractivity contribution in [2.75, 3.05) is 0 Å². The van der Waals surface area contributed by atoms with Gasteiger partial charge in [-0.2, -0.15) is 0 Å². The zero-order valence-electron chi connectivity index (χ0n) is 10.2. The molecule has 2 heteroatoms. The van der Waals surface area contributed by atoms with Crippen molar-refractivity contribution in [2.24, 2.45) is 0 Å². The quantitative estimate of drug-likeness (QED) is 0.759. The molecule has 1 aromatic heterocycles. The zero-order valence-corrected chi connectivity index (χ0v) is 10.2. The molecule has 0 radical (unpaired) electrons. The average Bonchev–Trinajstić information content (AvgIpc) is 2.63. The van der Waals surface area contributed by atoms with Crippen LogP contribution in [-0.2, 0) is 6.54 Å². The highest BCUT2D eigenvalue weighted by Crippen LogP contribution is 2.27. The van der Waals surface area contributed by atoms with E-state index in [9.17, 15) is 0 Å². The fourth-order valence-corrected chi connectivity index (χ4v) is 1.99. The Morgan fingerprint density at radius 1 is 1.25 bits per heavy atom. The van der Waals surface area contributed by atoms with Crippen molar-refractivity contribution < 1.29 is 4.74 Å². The molecule has 0 saturated heterocycles. The first-order chi connectivity index (χ1) is 7.72. The molecule has 0 atom stereocenters. The molecule has 2 rings (SSSR count). The molecular weight excluding hydrogens is 198 g/mol. The summed E-state index contributed by atoms with van der Waals surface area (Å²) in [5.74, 6) is 0.988. The van der Waals surface area contributed by atoms with Gasteiger partial charge in [0.15, 0.2) is 0 Å². The summed E-state index contributed by atoms with van der Waals surface area (Å²) in [6.07, 6.45) is 3.51. The summed E-state index contributed by atoms with van der Waals surface area (Å²) in [7, 11) is 0. The van der Waals surface area contributed by atoms with Crippen LogP contribution >= 0.6 is 0 Å². The van der Waals surface area contributed by atoms with E-state index in [4.69, 9.17) is 4.74 Å². The van der Waals surface area contributed by atoms with Gasteiger partial charge in [0.05, 0.1) is 11.6 Å². The number of aromatic nitrogens is 1. The lowest BCUT2D eigenvalue weighted by molar-refractivity contribution is 0.245. The maximum absolute atomic E-state index is 5.81. The van der Waals surface area contributed by atoms with Crippen LogP contribution in [0.1, 0.15) is 27.2 Å². The van der Waals surface area contributed by atoms with Crippen LogP contribution in [0, 0.1) is 0 Å². The highest BCUT2D eigenvalue weighted by molar-refractivity contribution is 5.86. The van der Waals surface area contributed by atoms with Gasteiger partial charge in [-0.15, -0.1) is 0 Å². The van der Waals surface area contributed by atoms with E-state index in [1.807, 2.05) is 6.07 Å². The Kier molecular flexibility index (Phi) is 3.18. The molecule has 86 valence electrons. The number of hydrogen-bond acceptors (Lipinski definition) is 1. The molecule has 2 nitrogen and oxygen atoms in total. The van der Waals surface area contributed by atoms with E-state index < -0.39 is 0 Å². The normalized spacial score (nSPS) is 11.2. The first kappa shape index (κ1) is 11.1. The maximum atomic E-state index is 5.81. The number of ether oxygens (including phenoxy) is 1. The maximum Gasteiger partial charge on any atom is 0.129 e. The third-order valence-corrected chi connectivity index (χ3v) is 2.60. The highest BCUT2D eigenvalue weighted by atomic mass is 16.5. The summed E-state index contributed by atoms with van der Waals surface area (Å²) in [5, 5.41) is 1.21. The minimum Gasteiger partial charge on any atom is -0.490 e. The monoisotopic (exact) mass is 217 g/mol. The van der Waals surface area contributed by atoms with Crippen molar-refractivity contribution in [1.82, 2.24) is 4.57 Å². The Labute approximate surface area is 96.8 Å². The summed E-state index contributed by atoms with van der Waals surface area (Å²) >= 11 is 0. The standard InChI is InChI=1S/C14H19NO/c1-4-9-15-10-8-12-13(15)6-5-7-14(12)16-11(2)3/h5-8,10-11H,4,9H2,1-3H3. The molecule has 0 spiro atoms. The van der Waals surface area contributed by atoms with Crippen molar-refractivity contribution in [3.8, 4) is 5.75 Å². The molecule has 0 amide bonds. The number of benzene rings is 1. The van der Waals surface area contributed by atoms with E-state index in [2.05, 4.69) is 49.7 Å². The third kappa shape index (κ3) is 2.06. The lowest BCUT2D eigenvalue weighted by atomic mass is 10.2. The van der Waals surface area contributed by atoms with Gasteiger partial charge in [0.2, 0.25) is 0 Å². The van der Waals surface area contributed by atoms with Crippen molar-refractivity contribution >= 4 is 10.9 Å². The van der Waals surface area contributed by atoms with Crippen LogP contribution in [0.5, 0.6) is 5.75 Å². The van der Waals surface area contributed by atoms with Crippen molar-refractivity contribution in [1.29, 1.82) is 0 Å². The Morgan fingerprint density at radius 3 is 2.75 bits per heavy atom. The number of aryl methyl sites for hydroxylation is 1. The van der Waals surface area contributed by atoms with Gasteiger partial charge in [0.1, 0.15) is 5.75 Å². The molecule has 1 heterocycles. The van der Waals surface area contributed by atoms with Crippen LogP contribution in [0.4, 0.5) is 0 Å². The molecule has 0 bridgehead atoms. The van der Waals surface area contributed by atoms with E-state index >= 15 is 0 Å². The van der Waals surface area contributed by atoms with Crippen molar-refractivity contribution in [3.05, 3.63) is 30.5 Å². The number of rotatable bonds is 4. The summed E-state index contributed by atoms with van der Waals surface area (Å²) in [6, 6.07) is 8.39. The van der Waals surface area contributed by atoms with Crippen LogP contribution in [-0.4, -0.2) is 10.7 Å². The fraction of sp³-hybridized carbons (Fsp3) is 0.429. The van der Waals surface area contributed by atoms with Gasteiger partial charge in [0.25, 0.3) is 0 Å². The predicted molar refractivity (Wildman–Crippen MR) is 68.0 cm³/mol. The van der Waals surface area contributed by atoms with Crippen LogP contribution in [0.25, 0.3) is 10.9 Å². The predicted octanol–water partition coefficient (Wildman–Crippen LogP) is 3.84. The summed E-state index contributed by atoms with van der Waals surface area (Å²) < 4.78 is 8.09. The summed E-state index contributed by atoms with van der Waals surface area (Å²) in [4.78, 5) is 0. The van der Waals surface area contributed by atoms with E-state index in [0.29, 0.717) is 0 Å². The van der Waals surface area contributed by atoms with Gasteiger partial charge >= 0.3 is 0 Å². The lowest BCUT2D eigenvalue weighted by Gasteiger charge is -2.11. The van der Waals surface area contributed by atoms with Crippen LogP contribution in [0.3, 0.4) is 0 Å². The van der Waals surface area contributed by atoms with E-state index in [1.165, 1.54) is 10.9 Å². The fourth-order valence-electron chi connectivity index (χ4n) is 1.99. The van der Waals surface area contributed by atoms with Gasteiger partial charge in [-0.05, 0) is 38.5 Å². The Balaban J connectivity index is 2.44. The Hall–Kier alpha value is -1.44. The molecule has 1 aromatic carbocycles. The van der Waals surface area contributed by atoms with Crippen molar-refractivity contribution in [3.63, 3.8) is 0 Å². The van der Waals surface area contributed by atoms with Gasteiger partial charge in [0, 0.05) is 18.1 Å². The minimum absolute atomic E-state index is 0.222. The Bertz CT molecular complexity index is 471. The molecule has 0 unspecified atom stereocenters. The average molecular weight is 217 g/mol.